The van der Waals surface area contributed by atoms with Gasteiger partial charge in [-0.15, -0.1) is 0 Å². The number of hydrogen-bond acceptors (Lipinski definition) is 10. The van der Waals surface area contributed by atoms with Gasteiger partial charge >= 0.3 is 5.97 Å². The van der Waals surface area contributed by atoms with Gasteiger partial charge in [-0.25, -0.2) is 0 Å². The first-order chi connectivity index (χ1) is 43.7. The lowest BCUT2D eigenvalue weighted by Crippen LogP contribution is -2.60. The summed E-state index contributed by atoms with van der Waals surface area (Å²) in [6.07, 6.45) is 79.8. The summed E-state index contributed by atoms with van der Waals surface area (Å²) < 4.78 is 16.7. The maximum Gasteiger partial charge on any atom is 0.305 e. The Morgan fingerprint density at radius 2 is 0.775 bits per heavy atom. The predicted octanol–water partition coefficient (Wildman–Crippen LogP) is 20.1. The molecule has 1 saturated heterocycles. The number of nitrogens with one attached hydrogen (secondary N) is 1. The fourth-order valence-electron chi connectivity index (χ4n) is 11.9. The van der Waals surface area contributed by atoms with Crippen LogP contribution in [0.3, 0.4) is 0 Å². The summed E-state index contributed by atoms with van der Waals surface area (Å²) in [6, 6.07) is -0.807. The highest BCUT2D eigenvalue weighted by molar-refractivity contribution is 5.76. The number of amides is 1. The van der Waals surface area contributed by atoms with Gasteiger partial charge in [-0.3, -0.25) is 9.59 Å². The molecule has 11 nitrogen and oxygen atoms in total. The van der Waals surface area contributed by atoms with Crippen molar-refractivity contribution in [3.63, 3.8) is 0 Å². The number of allylic oxidation sites excluding steroid dienone is 9. The van der Waals surface area contributed by atoms with Crippen LogP contribution in [0.4, 0.5) is 0 Å². The number of esters is 1. The lowest BCUT2D eigenvalue weighted by Gasteiger charge is -2.40. The fraction of sp³-hybridized carbons (Fsp3) is 0.846. The zero-order valence-corrected chi connectivity index (χ0v) is 57.9. The third-order valence-corrected chi connectivity index (χ3v) is 17.8. The first kappa shape index (κ1) is 84.4. The molecule has 1 rings (SSSR count). The molecule has 11 heteroatoms. The summed E-state index contributed by atoms with van der Waals surface area (Å²) in [6.45, 7) is 4.28. The van der Waals surface area contributed by atoms with Crippen molar-refractivity contribution < 1.29 is 49.3 Å². The van der Waals surface area contributed by atoms with Crippen molar-refractivity contribution in [2.24, 2.45) is 0 Å². The normalized spacial score (nSPS) is 18.0. The van der Waals surface area contributed by atoms with E-state index in [0.29, 0.717) is 19.4 Å². The Labute approximate surface area is 548 Å². The highest BCUT2D eigenvalue weighted by Crippen LogP contribution is 2.23. The lowest BCUT2D eigenvalue weighted by molar-refractivity contribution is -0.302. The van der Waals surface area contributed by atoms with E-state index in [1.54, 1.807) is 6.08 Å². The van der Waals surface area contributed by atoms with Crippen molar-refractivity contribution in [2.75, 3.05) is 19.8 Å². The van der Waals surface area contributed by atoms with Crippen LogP contribution in [0.5, 0.6) is 0 Å². The van der Waals surface area contributed by atoms with Gasteiger partial charge in [-0.05, 0) is 89.9 Å². The molecule has 0 bridgehead atoms. The molecule has 0 radical (unpaired) electrons. The molecule has 6 N–H and O–H groups in total. The molecule has 89 heavy (non-hydrogen) atoms. The number of unbranched alkanes of at least 4 members (excludes halogenated alkanes) is 45. The van der Waals surface area contributed by atoms with Gasteiger partial charge in [0.05, 0.1) is 32.0 Å². The number of rotatable bonds is 67. The maximum absolute atomic E-state index is 13.0. The van der Waals surface area contributed by atoms with Crippen LogP contribution in [-0.4, -0.2) is 100 Å². The fourth-order valence-corrected chi connectivity index (χ4v) is 11.9. The van der Waals surface area contributed by atoms with Crippen molar-refractivity contribution in [1.29, 1.82) is 0 Å². The van der Waals surface area contributed by atoms with E-state index in [4.69, 9.17) is 14.2 Å². The average molecular weight is 1250 g/mol. The largest absolute Gasteiger partial charge is 0.466 e. The van der Waals surface area contributed by atoms with Gasteiger partial charge in [-0.2, -0.15) is 0 Å². The third-order valence-electron chi connectivity index (χ3n) is 17.8. The minimum Gasteiger partial charge on any atom is -0.466 e. The number of aliphatic hydroxyl groups excluding tert-OH is 5. The highest BCUT2D eigenvalue weighted by atomic mass is 16.7. The Kier molecular flexibility index (Phi) is 63.3. The SMILES string of the molecule is CCC/C=C\C/C=C\CCCCCCCC(=O)OCCCCCCCCCCCCCCCCC/C=C\C/C=C\CCCCCCCCCCCCCCCCCCCC(=O)NC(COC1OC(CO)C(O)C(O)C1O)C(O)/C=C/CCCCCCCCC. The smallest absolute Gasteiger partial charge is 0.305 e. The molecule has 7 unspecified atom stereocenters. The Morgan fingerprint density at radius 1 is 0.416 bits per heavy atom. The second kappa shape index (κ2) is 66.8. The Morgan fingerprint density at radius 3 is 1.18 bits per heavy atom. The van der Waals surface area contributed by atoms with Gasteiger partial charge in [0, 0.05) is 12.8 Å². The van der Waals surface area contributed by atoms with Crippen LogP contribution in [0, 0.1) is 0 Å². The third kappa shape index (κ3) is 55.5. The molecular weight excluding hydrogens is 1110 g/mol. The summed E-state index contributed by atoms with van der Waals surface area (Å²) >= 11 is 0. The Balaban J connectivity index is 1.88. The molecule has 0 aliphatic carbocycles. The van der Waals surface area contributed by atoms with E-state index in [0.717, 1.165) is 70.6 Å². The topological polar surface area (TPSA) is 175 Å². The molecule has 520 valence electrons. The van der Waals surface area contributed by atoms with E-state index < -0.39 is 49.5 Å². The Hall–Kier alpha value is -2.64. The molecular formula is C78H143NO10. The van der Waals surface area contributed by atoms with Gasteiger partial charge in [0.25, 0.3) is 0 Å². The van der Waals surface area contributed by atoms with Gasteiger partial charge in [0.1, 0.15) is 24.4 Å². The highest BCUT2D eigenvalue weighted by Gasteiger charge is 2.44. The quantitative estimate of drug-likeness (QED) is 0.0195. The van der Waals surface area contributed by atoms with Crippen molar-refractivity contribution in [2.45, 2.75) is 403 Å². The van der Waals surface area contributed by atoms with Crippen molar-refractivity contribution in [1.82, 2.24) is 5.32 Å². The molecule has 1 heterocycles. The summed E-state index contributed by atoms with van der Waals surface area (Å²) in [5, 5.41) is 54.3. The van der Waals surface area contributed by atoms with Crippen LogP contribution in [0.2, 0.25) is 0 Å². The summed E-state index contributed by atoms with van der Waals surface area (Å²) in [7, 11) is 0. The van der Waals surface area contributed by atoms with Crippen molar-refractivity contribution in [3.8, 4) is 0 Å². The minimum atomic E-state index is -1.57. The maximum atomic E-state index is 13.0. The second-order valence-electron chi connectivity index (χ2n) is 26.3. The molecule has 1 fully saturated rings. The molecule has 0 aromatic carbocycles. The second-order valence-corrected chi connectivity index (χ2v) is 26.3. The minimum absolute atomic E-state index is 0.000998. The predicted molar refractivity (Wildman–Crippen MR) is 375 cm³/mol. The van der Waals surface area contributed by atoms with E-state index in [2.05, 4.69) is 67.8 Å². The van der Waals surface area contributed by atoms with E-state index in [1.165, 1.54) is 263 Å². The van der Waals surface area contributed by atoms with Crippen LogP contribution < -0.4 is 5.32 Å². The first-order valence-corrected chi connectivity index (χ1v) is 38.1. The standard InChI is InChI=1S/C78H143NO10/c1-3-5-7-9-11-13-14-42-46-50-54-58-62-66-74(83)87-67-63-59-55-51-47-44-41-39-37-35-33-31-29-27-25-23-21-19-17-15-16-18-20-22-24-26-28-30-32-34-36-38-40-43-45-49-53-57-61-65-73(82)79-70(71(81)64-60-56-52-48-12-10-8-6-4-2)69-88-78-77(86)76(85)75(84)72(68-80)89-78/h7,9,13-16,19,21,60,64,70-72,75-78,80-81,84-86H,3-6,8,10-12,17-18,20,22-59,61-63,65-69H2,1-2H3,(H,79,82)/b9-7-,14-13-,16-15-,21-19-,64-60+. The summed E-state index contributed by atoms with van der Waals surface area (Å²) in [5.41, 5.74) is 0. The Bertz CT molecular complexity index is 1660. The van der Waals surface area contributed by atoms with Crippen molar-refractivity contribution >= 4 is 11.9 Å². The zero-order chi connectivity index (χ0) is 64.4. The molecule has 0 spiro atoms. The van der Waals surface area contributed by atoms with E-state index in [1.807, 2.05) is 6.08 Å². The molecule has 1 aliphatic rings. The molecule has 0 aromatic heterocycles. The molecule has 7 atom stereocenters. The van der Waals surface area contributed by atoms with Crippen LogP contribution in [0.1, 0.15) is 361 Å². The van der Waals surface area contributed by atoms with Crippen LogP contribution in [-0.2, 0) is 23.8 Å². The van der Waals surface area contributed by atoms with Crippen LogP contribution in [0.25, 0.3) is 0 Å². The molecule has 1 amide bonds. The van der Waals surface area contributed by atoms with Gasteiger partial charge in [-0.1, -0.05) is 319 Å². The van der Waals surface area contributed by atoms with Crippen molar-refractivity contribution in [3.05, 3.63) is 60.8 Å². The average Bonchev–Trinajstić information content (AvgIpc) is 2.50. The number of ether oxygens (including phenoxy) is 3. The molecule has 0 aromatic rings. The summed E-state index contributed by atoms with van der Waals surface area (Å²) in [4.78, 5) is 25.1. The lowest BCUT2D eigenvalue weighted by atomic mass is 9.99. The molecule has 0 saturated carbocycles. The van der Waals surface area contributed by atoms with Crippen LogP contribution in [0.15, 0.2) is 60.8 Å². The van der Waals surface area contributed by atoms with Gasteiger partial charge < -0.3 is 45.1 Å². The van der Waals surface area contributed by atoms with Crippen LogP contribution >= 0.6 is 0 Å². The van der Waals surface area contributed by atoms with E-state index >= 15 is 0 Å². The molecule has 1 aliphatic heterocycles. The zero-order valence-electron chi connectivity index (χ0n) is 57.9. The van der Waals surface area contributed by atoms with E-state index in [-0.39, 0.29) is 18.5 Å². The monoisotopic (exact) mass is 1250 g/mol. The number of carbonyl (C=O) groups is 2. The van der Waals surface area contributed by atoms with Gasteiger partial charge in [0.15, 0.2) is 6.29 Å². The van der Waals surface area contributed by atoms with Gasteiger partial charge in [0.2, 0.25) is 5.91 Å². The van der Waals surface area contributed by atoms with E-state index in [9.17, 15) is 35.1 Å². The first-order valence-electron chi connectivity index (χ1n) is 38.1. The number of aliphatic hydroxyl groups is 5. The number of hydrogen-bond donors (Lipinski definition) is 6. The number of carbonyl (C=O) groups excluding carboxylic acids is 2. The summed E-state index contributed by atoms with van der Waals surface area (Å²) in [5.74, 6) is -0.181.